The lowest BCUT2D eigenvalue weighted by atomic mass is 9.86. The second-order valence-corrected chi connectivity index (χ2v) is 5.55. The van der Waals surface area contributed by atoms with Gasteiger partial charge in [0.2, 0.25) is 0 Å². The summed E-state index contributed by atoms with van der Waals surface area (Å²) in [7, 11) is 0. The molecule has 0 bridgehead atoms. The molecule has 19 heavy (non-hydrogen) atoms. The van der Waals surface area contributed by atoms with E-state index in [4.69, 9.17) is 9.84 Å². The van der Waals surface area contributed by atoms with Crippen molar-refractivity contribution in [3.63, 3.8) is 0 Å². The van der Waals surface area contributed by atoms with E-state index in [1.54, 1.807) is 20.8 Å². The lowest BCUT2D eigenvalue weighted by Gasteiger charge is -2.38. The topological polar surface area (TPSA) is 66.8 Å². The molecule has 0 radical (unpaired) electrons. The number of rotatable bonds is 8. The van der Waals surface area contributed by atoms with Crippen LogP contribution >= 0.6 is 0 Å². The Morgan fingerprint density at radius 1 is 1.37 bits per heavy atom. The highest BCUT2D eigenvalue weighted by Crippen LogP contribution is 2.26. The average molecular weight is 271 g/mol. The van der Waals surface area contributed by atoms with Crippen LogP contribution in [0.25, 0.3) is 0 Å². The highest BCUT2D eigenvalue weighted by Gasteiger charge is 2.39. The van der Waals surface area contributed by atoms with Gasteiger partial charge in [0, 0.05) is 12.6 Å². The summed E-state index contributed by atoms with van der Waals surface area (Å²) in [5, 5.41) is 9.07. The van der Waals surface area contributed by atoms with Crippen LogP contribution in [0.1, 0.15) is 40.0 Å². The van der Waals surface area contributed by atoms with Gasteiger partial charge in [0.05, 0.1) is 19.8 Å². The molecule has 5 heteroatoms. The van der Waals surface area contributed by atoms with Crippen molar-refractivity contribution in [3.8, 4) is 0 Å². The van der Waals surface area contributed by atoms with Crippen LogP contribution in [-0.2, 0) is 14.3 Å². The molecule has 1 aliphatic carbocycles. The summed E-state index contributed by atoms with van der Waals surface area (Å²) in [6.45, 7) is 5.93. The number of hydrogen-bond acceptors (Lipinski definition) is 5. The lowest BCUT2D eigenvalue weighted by Crippen LogP contribution is -2.48. The second kappa shape index (κ2) is 7.01. The van der Waals surface area contributed by atoms with Crippen LogP contribution in [0.15, 0.2) is 0 Å². The Bertz CT molecular complexity index is 323. The van der Waals surface area contributed by atoms with Crippen LogP contribution in [0.5, 0.6) is 0 Å². The van der Waals surface area contributed by atoms with Gasteiger partial charge >= 0.3 is 5.97 Å². The number of ether oxygens (including phenoxy) is 1. The van der Waals surface area contributed by atoms with Crippen LogP contribution in [0.4, 0.5) is 0 Å². The summed E-state index contributed by atoms with van der Waals surface area (Å²) in [6, 6.07) is 0.370. The zero-order chi connectivity index (χ0) is 14.5. The predicted octanol–water partition coefficient (Wildman–Crippen LogP) is 0.992. The molecular weight excluding hydrogens is 246 g/mol. The summed E-state index contributed by atoms with van der Waals surface area (Å²) >= 11 is 0. The summed E-state index contributed by atoms with van der Waals surface area (Å²) in [5.41, 5.74) is -1.12. The van der Waals surface area contributed by atoms with Crippen LogP contribution in [0, 0.1) is 5.41 Å². The van der Waals surface area contributed by atoms with E-state index in [0.717, 1.165) is 12.8 Å². The smallest absolute Gasteiger partial charge is 0.319 e. The second-order valence-electron chi connectivity index (χ2n) is 5.55. The van der Waals surface area contributed by atoms with Gasteiger partial charge in [-0.2, -0.15) is 0 Å². The van der Waals surface area contributed by atoms with Crippen molar-refractivity contribution in [2.24, 2.45) is 5.41 Å². The summed E-state index contributed by atoms with van der Waals surface area (Å²) in [5.74, 6) is -0.621. The first kappa shape index (κ1) is 16.1. The molecule has 0 aromatic rings. The van der Waals surface area contributed by atoms with E-state index in [9.17, 15) is 9.59 Å². The fourth-order valence-corrected chi connectivity index (χ4v) is 2.08. The molecule has 0 aromatic carbocycles. The van der Waals surface area contributed by atoms with Crippen molar-refractivity contribution in [2.45, 2.75) is 46.1 Å². The zero-order valence-corrected chi connectivity index (χ0v) is 12.1. The van der Waals surface area contributed by atoms with Gasteiger partial charge in [0.1, 0.15) is 5.41 Å². The third-order valence-corrected chi connectivity index (χ3v) is 3.81. The molecule has 1 N–H and O–H groups in total. The maximum atomic E-state index is 12.3. The first-order valence-corrected chi connectivity index (χ1v) is 6.99. The highest BCUT2D eigenvalue weighted by atomic mass is 16.5. The van der Waals surface area contributed by atoms with Crippen molar-refractivity contribution in [2.75, 3.05) is 26.3 Å². The maximum absolute atomic E-state index is 12.3. The molecular formula is C14H25NO4. The first-order chi connectivity index (χ1) is 8.93. The Hall–Kier alpha value is -0.940. The lowest BCUT2D eigenvalue weighted by molar-refractivity contribution is -0.158. The highest BCUT2D eigenvalue weighted by molar-refractivity contribution is 6.03. The predicted molar refractivity (Wildman–Crippen MR) is 71.7 cm³/mol. The van der Waals surface area contributed by atoms with Gasteiger partial charge in [-0.1, -0.05) is 6.42 Å². The standard InChI is InChI=1S/C14H25NO4/c1-4-19-13(18)14(2,3)12(17)10-15(8-9-16)11-6-5-7-11/h11,16H,4-10H2,1-3H3. The van der Waals surface area contributed by atoms with Gasteiger partial charge in [-0.15, -0.1) is 0 Å². The molecule has 1 aliphatic rings. The number of esters is 1. The number of aliphatic hydroxyl groups is 1. The minimum Gasteiger partial charge on any atom is -0.465 e. The number of hydrogen-bond donors (Lipinski definition) is 1. The third-order valence-electron chi connectivity index (χ3n) is 3.81. The van der Waals surface area contributed by atoms with Gasteiger partial charge in [0.15, 0.2) is 5.78 Å². The monoisotopic (exact) mass is 271 g/mol. The molecule has 110 valence electrons. The summed E-state index contributed by atoms with van der Waals surface area (Å²) in [6.07, 6.45) is 3.29. The number of Topliss-reactive ketones (excluding diaryl/α,β-unsaturated/α-hetero) is 1. The minimum absolute atomic E-state index is 0.0314. The molecule has 0 atom stereocenters. The van der Waals surface area contributed by atoms with Crippen molar-refractivity contribution in [1.82, 2.24) is 4.90 Å². The number of ketones is 1. The van der Waals surface area contributed by atoms with Gasteiger partial charge in [-0.25, -0.2) is 0 Å². The molecule has 0 amide bonds. The number of carbonyl (C=O) groups excluding carboxylic acids is 2. The summed E-state index contributed by atoms with van der Waals surface area (Å²) < 4.78 is 4.94. The largest absolute Gasteiger partial charge is 0.465 e. The number of carbonyl (C=O) groups is 2. The van der Waals surface area contributed by atoms with Crippen molar-refractivity contribution in [3.05, 3.63) is 0 Å². The fraction of sp³-hybridized carbons (Fsp3) is 0.857. The van der Waals surface area contributed by atoms with Gasteiger partial charge in [0.25, 0.3) is 0 Å². The van der Waals surface area contributed by atoms with Crippen molar-refractivity contribution in [1.29, 1.82) is 0 Å². The molecule has 5 nitrogen and oxygen atoms in total. The van der Waals surface area contributed by atoms with E-state index in [1.807, 2.05) is 4.90 Å². The molecule has 1 fully saturated rings. The molecule has 1 rings (SSSR count). The van der Waals surface area contributed by atoms with Gasteiger partial charge < -0.3 is 9.84 Å². The molecule has 0 spiro atoms. The van der Waals surface area contributed by atoms with E-state index in [1.165, 1.54) is 6.42 Å². The van der Waals surface area contributed by atoms with E-state index in [0.29, 0.717) is 12.6 Å². The van der Waals surface area contributed by atoms with Crippen molar-refractivity contribution < 1.29 is 19.4 Å². The molecule has 0 saturated heterocycles. The molecule has 0 unspecified atom stereocenters. The number of nitrogens with zero attached hydrogens (tertiary/aromatic N) is 1. The normalized spacial score (nSPS) is 16.3. The minimum atomic E-state index is -1.12. The van der Waals surface area contributed by atoms with Crippen LogP contribution in [-0.4, -0.2) is 54.1 Å². The quantitative estimate of drug-likeness (QED) is 0.527. The van der Waals surface area contributed by atoms with Crippen LogP contribution < -0.4 is 0 Å². The SMILES string of the molecule is CCOC(=O)C(C)(C)C(=O)CN(CCO)C1CCC1. The Morgan fingerprint density at radius 2 is 2.00 bits per heavy atom. The van der Waals surface area contributed by atoms with Crippen molar-refractivity contribution >= 4 is 11.8 Å². The number of aliphatic hydroxyl groups excluding tert-OH is 1. The van der Waals surface area contributed by atoms with Crippen LogP contribution in [0.2, 0.25) is 0 Å². The Morgan fingerprint density at radius 3 is 2.42 bits per heavy atom. The zero-order valence-electron chi connectivity index (χ0n) is 12.1. The first-order valence-electron chi connectivity index (χ1n) is 6.99. The van der Waals surface area contributed by atoms with E-state index in [2.05, 4.69) is 0 Å². The maximum Gasteiger partial charge on any atom is 0.319 e. The summed E-state index contributed by atoms with van der Waals surface area (Å²) in [4.78, 5) is 26.1. The third kappa shape index (κ3) is 4.01. The Labute approximate surface area is 114 Å². The fourth-order valence-electron chi connectivity index (χ4n) is 2.08. The van der Waals surface area contributed by atoms with E-state index < -0.39 is 11.4 Å². The molecule has 0 aliphatic heterocycles. The molecule has 0 aromatic heterocycles. The Kier molecular flexibility index (Phi) is 5.94. The van der Waals surface area contributed by atoms with Gasteiger partial charge in [-0.3, -0.25) is 14.5 Å². The van der Waals surface area contributed by atoms with E-state index >= 15 is 0 Å². The average Bonchev–Trinajstić information content (AvgIpc) is 2.27. The van der Waals surface area contributed by atoms with E-state index in [-0.39, 0.29) is 25.5 Å². The molecule has 1 saturated carbocycles. The Balaban J connectivity index is 2.61. The van der Waals surface area contributed by atoms with Gasteiger partial charge in [-0.05, 0) is 33.6 Å². The van der Waals surface area contributed by atoms with Crippen LogP contribution in [0.3, 0.4) is 0 Å². The molecule has 0 heterocycles.